The van der Waals surface area contributed by atoms with Gasteiger partial charge < -0.3 is 9.64 Å². The molecule has 174 valence electrons. The fourth-order valence-corrected chi connectivity index (χ4v) is 5.02. The van der Waals surface area contributed by atoms with E-state index < -0.39 is 11.6 Å². The molecule has 5 nitrogen and oxygen atoms in total. The number of aliphatic imine (C=N–C) groups is 1. The average molecular weight is 451 g/mol. The van der Waals surface area contributed by atoms with Crippen LogP contribution in [0.4, 0.5) is 4.39 Å². The van der Waals surface area contributed by atoms with Crippen LogP contribution in [0.15, 0.2) is 53.5 Å². The maximum Gasteiger partial charge on any atom is 0.337 e. The summed E-state index contributed by atoms with van der Waals surface area (Å²) in [5.74, 6) is -0.289. The lowest BCUT2D eigenvalue weighted by Crippen LogP contribution is -2.49. The zero-order valence-electron chi connectivity index (χ0n) is 19.7. The normalized spacial score (nSPS) is 23.1. The van der Waals surface area contributed by atoms with Gasteiger partial charge in [-0.1, -0.05) is 32.9 Å². The molecule has 0 radical (unpaired) electrons. The minimum Gasteiger partial charge on any atom is -0.465 e. The van der Waals surface area contributed by atoms with Crippen molar-refractivity contribution in [1.29, 1.82) is 0 Å². The Morgan fingerprint density at radius 3 is 2.24 bits per heavy atom. The van der Waals surface area contributed by atoms with E-state index in [1.54, 1.807) is 24.3 Å². The van der Waals surface area contributed by atoms with Crippen LogP contribution in [-0.4, -0.2) is 35.3 Å². The van der Waals surface area contributed by atoms with E-state index in [0.29, 0.717) is 29.3 Å². The summed E-state index contributed by atoms with van der Waals surface area (Å²) in [5.41, 5.74) is 2.05. The van der Waals surface area contributed by atoms with Crippen LogP contribution in [0.2, 0.25) is 0 Å². The number of carbonyl (C=O) groups excluding carboxylic acids is 2. The van der Waals surface area contributed by atoms with E-state index in [1.807, 2.05) is 17.0 Å². The molecule has 2 aliphatic rings. The van der Waals surface area contributed by atoms with Crippen molar-refractivity contribution in [2.75, 3.05) is 7.11 Å². The van der Waals surface area contributed by atoms with Gasteiger partial charge in [0.15, 0.2) is 0 Å². The van der Waals surface area contributed by atoms with Crippen molar-refractivity contribution in [2.45, 2.75) is 58.7 Å². The lowest BCUT2D eigenvalue weighted by molar-refractivity contribution is -0.130. The third-order valence-electron chi connectivity index (χ3n) is 7.11. The Kier molecular flexibility index (Phi) is 6.12. The molecule has 2 aromatic carbocycles. The largest absolute Gasteiger partial charge is 0.465 e. The lowest BCUT2D eigenvalue weighted by Gasteiger charge is -2.44. The molecule has 1 spiro atoms. The van der Waals surface area contributed by atoms with E-state index in [1.165, 1.54) is 19.2 Å². The molecule has 0 unspecified atom stereocenters. The van der Waals surface area contributed by atoms with Gasteiger partial charge in [-0.3, -0.25) is 9.79 Å². The van der Waals surface area contributed by atoms with Gasteiger partial charge >= 0.3 is 5.97 Å². The second-order valence-electron chi connectivity index (χ2n) is 10.2. The molecule has 1 saturated carbocycles. The fourth-order valence-electron chi connectivity index (χ4n) is 5.02. The Balaban J connectivity index is 1.64. The van der Waals surface area contributed by atoms with Gasteiger partial charge in [0.1, 0.15) is 17.2 Å². The number of rotatable bonds is 4. The van der Waals surface area contributed by atoms with Crippen LogP contribution in [0.25, 0.3) is 0 Å². The van der Waals surface area contributed by atoms with Crippen LogP contribution >= 0.6 is 0 Å². The number of ether oxygens (including phenoxy) is 1. The smallest absolute Gasteiger partial charge is 0.337 e. The average Bonchev–Trinajstić information content (AvgIpc) is 3.05. The van der Waals surface area contributed by atoms with Crippen LogP contribution in [0.5, 0.6) is 0 Å². The third kappa shape index (κ3) is 4.56. The minimum atomic E-state index is -0.594. The molecule has 33 heavy (non-hydrogen) atoms. The summed E-state index contributed by atoms with van der Waals surface area (Å²) >= 11 is 0. The van der Waals surface area contributed by atoms with E-state index in [-0.39, 0.29) is 17.1 Å². The first-order chi connectivity index (χ1) is 15.6. The Hall–Kier alpha value is -3.02. The molecule has 1 heterocycles. The summed E-state index contributed by atoms with van der Waals surface area (Å²) in [6, 6.07) is 13.1. The summed E-state index contributed by atoms with van der Waals surface area (Å²) in [5, 5.41) is 0. The molecule has 6 heteroatoms. The highest BCUT2D eigenvalue weighted by atomic mass is 19.1. The summed E-state index contributed by atoms with van der Waals surface area (Å²) < 4.78 is 18.3. The number of methoxy groups -OCH3 is 1. The Morgan fingerprint density at radius 2 is 1.70 bits per heavy atom. The van der Waals surface area contributed by atoms with Crippen molar-refractivity contribution >= 4 is 17.6 Å². The Labute approximate surface area is 194 Å². The predicted molar refractivity (Wildman–Crippen MR) is 125 cm³/mol. The molecule has 0 bridgehead atoms. The summed E-state index contributed by atoms with van der Waals surface area (Å²) in [6.45, 7) is 7.20. The molecule has 0 saturated heterocycles. The first-order valence-electron chi connectivity index (χ1n) is 11.5. The fraction of sp³-hybridized carbons (Fsp3) is 0.444. The zero-order chi connectivity index (χ0) is 23.8. The molecular formula is C27H31FN2O3. The second-order valence-corrected chi connectivity index (χ2v) is 10.2. The molecule has 1 aliphatic carbocycles. The van der Waals surface area contributed by atoms with Crippen molar-refractivity contribution in [3.05, 3.63) is 71.0 Å². The van der Waals surface area contributed by atoms with Crippen molar-refractivity contribution in [3.8, 4) is 0 Å². The minimum absolute atomic E-state index is 0.132. The van der Waals surface area contributed by atoms with Crippen LogP contribution in [0.1, 0.15) is 67.9 Å². The van der Waals surface area contributed by atoms with Gasteiger partial charge in [0.05, 0.1) is 12.7 Å². The first-order valence-corrected chi connectivity index (χ1v) is 11.5. The van der Waals surface area contributed by atoms with Crippen molar-refractivity contribution < 1.29 is 18.7 Å². The maximum atomic E-state index is 13.6. The standard InChI is InChI=1S/C27H31FN2O3/c1-26(2,3)21-13-15-27(16-14-21)29-23(19-9-11-22(28)12-10-19)24(31)30(27)17-18-5-7-20(8-6-18)25(32)33-4/h5-12,21H,13-17H2,1-4H3. The third-order valence-corrected chi connectivity index (χ3v) is 7.11. The van der Waals surface area contributed by atoms with E-state index in [2.05, 4.69) is 20.8 Å². The number of nitrogens with zero attached hydrogens (tertiary/aromatic N) is 2. The molecule has 0 atom stereocenters. The summed E-state index contributed by atoms with van der Waals surface area (Å²) in [4.78, 5) is 32.2. The quantitative estimate of drug-likeness (QED) is 0.588. The highest BCUT2D eigenvalue weighted by Gasteiger charge is 2.50. The van der Waals surface area contributed by atoms with Gasteiger partial charge in [0.25, 0.3) is 5.91 Å². The topological polar surface area (TPSA) is 59.0 Å². The molecule has 2 aromatic rings. The maximum absolute atomic E-state index is 13.6. The van der Waals surface area contributed by atoms with Crippen LogP contribution in [-0.2, 0) is 16.1 Å². The molecule has 1 fully saturated rings. The van der Waals surface area contributed by atoms with Gasteiger partial charge in [-0.25, -0.2) is 9.18 Å². The molecule has 1 aliphatic heterocycles. The summed E-state index contributed by atoms with van der Waals surface area (Å²) in [6.07, 6.45) is 3.58. The Morgan fingerprint density at radius 1 is 1.09 bits per heavy atom. The van der Waals surface area contributed by atoms with E-state index >= 15 is 0 Å². The number of hydrogen-bond donors (Lipinski definition) is 0. The predicted octanol–water partition coefficient (Wildman–Crippen LogP) is 5.38. The molecule has 0 aromatic heterocycles. The molecular weight excluding hydrogens is 419 g/mol. The van der Waals surface area contributed by atoms with E-state index in [0.717, 1.165) is 31.2 Å². The van der Waals surface area contributed by atoms with Crippen molar-refractivity contribution in [2.24, 2.45) is 16.3 Å². The van der Waals surface area contributed by atoms with Crippen LogP contribution in [0, 0.1) is 17.2 Å². The van der Waals surface area contributed by atoms with E-state index in [9.17, 15) is 14.0 Å². The van der Waals surface area contributed by atoms with Gasteiger partial charge in [-0.2, -0.15) is 0 Å². The van der Waals surface area contributed by atoms with Crippen molar-refractivity contribution in [1.82, 2.24) is 4.90 Å². The monoisotopic (exact) mass is 450 g/mol. The van der Waals surface area contributed by atoms with Crippen LogP contribution < -0.4 is 0 Å². The molecule has 4 rings (SSSR count). The number of carbonyl (C=O) groups is 2. The highest BCUT2D eigenvalue weighted by Crippen LogP contribution is 2.47. The second kappa shape index (κ2) is 8.73. The Bertz CT molecular complexity index is 1060. The van der Waals surface area contributed by atoms with Gasteiger partial charge in [-0.05, 0) is 79.0 Å². The van der Waals surface area contributed by atoms with Gasteiger partial charge in [-0.15, -0.1) is 0 Å². The molecule has 0 N–H and O–H groups in total. The lowest BCUT2D eigenvalue weighted by atomic mass is 9.69. The summed E-state index contributed by atoms with van der Waals surface area (Å²) in [7, 11) is 1.35. The van der Waals surface area contributed by atoms with Gasteiger partial charge in [0.2, 0.25) is 0 Å². The number of esters is 1. The number of benzene rings is 2. The number of hydrogen-bond acceptors (Lipinski definition) is 4. The van der Waals surface area contributed by atoms with Gasteiger partial charge in [0, 0.05) is 12.1 Å². The highest BCUT2D eigenvalue weighted by molar-refractivity contribution is 6.46. The first kappa shape index (κ1) is 23.1. The van der Waals surface area contributed by atoms with Crippen LogP contribution in [0.3, 0.4) is 0 Å². The molecule has 1 amide bonds. The zero-order valence-corrected chi connectivity index (χ0v) is 19.7. The number of halogens is 1. The SMILES string of the molecule is COC(=O)c1ccc(CN2C(=O)C(c3ccc(F)cc3)=NC23CCC(C(C)(C)C)CC3)cc1. The van der Waals surface area contributed by atoms with E-state index in [4.69, 9.17) is 9.73 Å². The number of amides is 1. The van der Waals surface area contributed by atoms with Crippen molar-refractivity contribution in [3.63, 3.8) is 0 Å².